The van der Waals surface area contributed by atoms with Crippen LogP contribution < -0.4 is 5.32 Å². The van der Waals surface area contributed by atoms with Crippen molar-refractivity contribution in [2.75, 3.05) is 39.9 Å². The Hall–Kier alpha value is -0.120. The van der Waals surface area contributed by atoms with E-state index in [2.05, 4.69) is 31.0 Å². The van der Waals surface area contributed by atoms with E-state index >= 15 is 0 Å². The Bertz CT molecular complexity index is 200. The Balaban J connectivity index is 2.19. The van der Waals surface area contributed by atoms with Gasteiger partial charge in [0.2, 0.25) is 0 Å². The molecular formula is C14H30N2O. The van der Waals surface area contributed by atoms with E-state index in [0.29, 0.717) is 11.5 Å². The summed E-state index contributed by atoms with van der Waals surface area (Å²) in [5.41, 5.74) is 0.597. The van der Waals surface area contributed by atoms with Crippen LogP contribution in [-0.4, -0.2) is 50.8 Å². The fourth-order valence-electron chi connectivity index (χ4n) is 2.47. The van der Waals surface area contributed by atoms with E-state index in [1.165, 1.54) is 32.4 Å². The maximum absolute atomic E-state index is 5.03. The first-order valence-corrected chi connectivity index (χ1v) is 7.05. The van der Waals surface area contributed by atoms with Crippen molar-refractivity contribution in [3.8, 4) is 0 Å². The topological polar surface area (TPSA) is 24.5 Å². The zero-order valence-electron chi connectivity index (χ0n) is 12.1. The highest BCUT2D eigenvalue weighted by Crippen LogP contribution is 2.34. The summed E-state index contributed by atoms with van der Waals surface area (Å²) in [7, 11) is 1.75. The largest absolute Gasteiger partial charge is 0.383 e. The third-order valence-corrected chi connectivity index (χ3v) is 4.40. The highest BCUT2D eigenvalue weighted by Gasteiger charge is 2.29. The second kappa shape index (κ2) is 7.34. The molecule has 1 fully saturated rings. The van der Waals surface area contributed by atoms with Gasteiger partial charge in [0.15, 0.2) is 0 Å². The van der Waals surface area contributed by atoms with Crippen LogP contribution in [0.15, 0.2) is 0 Å². The van der Waals surface area contributed by atoms with Crippen LogP contribution >= 0.6 is 0 Å². The van der Waals surface area contributed by atoms with Crippen LogP contribution in [-0.2, 0) is 4.74 Å². The maximum atomic E-state index is 5.03. The molecule has 0 aliphatic carbocycles. The fourth-order valence-corrected chi connectivity index (χ4v) is 2.47. The molecule has 1 aliphatic rings. The highest BCUT2D eigenvalue weighted by molar-refractivity contribution is 4.83. The van der Waals surface area contributed by atoms with E-state index in [0.717, 1.165) is 19.7 Å². The lowest BCUT2D eigenvalue weighted by atomic mass is 9.78. The minimum Gasteiger partial charge on any atom is -0.383 e. The third kappa shape index (κ3) is 4.94. The number of nitrogens with one attached hydrogen (secondary N) is 1. The molecule has 0 aromatic carbocycles. The third-order valence-electron chi connectivity index (χ3n) is 4.40. The van der Waals surface area contributed by atoms with Gasteiger partial charge in [0, 0.05) is 26.2 Å². The summed E-state index contributed by atoms with van der Waals surface area (Å²) in [6.45, 7) is 12.5. The van der Waals surface area contributed by atoms with Gasteiger partial charge >= 0.3 is 0 Å². The molecule has 1 saturated heterocycles. The summed E-state index contributed by atoms with van der Waals surface area (Å²) < 4.78 is 5.03. The van der Waals surface area contributed by atoms with Crippen molar-refractivity contribution in [2.24, 2.45) is 5.41 Å². The molecule has 0 saturated carbocycles. The molecule has 1 unspecified atom stereocenters. The standard InChI is InChI=1S/C14H30N2O/c1-5-14(3)6-9-16(10-7-14)13(2)12-15-8-11-17-4/h13,15H,5-12H2,1-4H3. The van der Waals surface area contributed by atoms with Gasteiger partial charge in [-0.25, -0.2) is 0 Å². The van der Waals surface area contributed by atoms with Gasteiger partial charge in [-0.3, -0.25) is 4.90 Å². The average molecular weight is 242 g/mol. The summed E-state index contributed by atoms with van der Waals surface area (Å²) in [6, 6.07) is 0.647. The predicted molar refractivity (Wildman–Crippen MR) is 73.4 cm³/mol. The van der Waals surface area contributed by atoms with Crippen molar-refractivity contribution in [1.82, 2.24) is 10.2 Å². The normalized spacial score (nSPS) is 22.6. The fraction of sp³-hybridized carbons (Fsp3) is 1.00. The molecule has 0 bridgehead atoms. The summed E-state index contributed by atoms with van der Waals surface area (Å²) in [6.07, 6.45) is 4.03. The molecule has 3 heteroatoms. The van der Waals surface area contributed by atoms with E-state index in [9.17, 15) is 0 Å². The van der Waals surface area contributed by atoms with Crippen LogP contribution in [0, 0.1) is 5.41 Å². The number of methoxy groups -OCH3 is 1. The molecule has 1 N–H and O–H groups in total. The number of rotatable bonds is 7. The molecule has 0 aromatic rings. The van der Waals surface area contributed by atoms with Gasteiger partial charge in [-0.2, -0.15) is 0 Å². The highest BCUT2D eigenvalue weighted by atomic mass is 16.5. The Kier molecular flexibility index (Phi) is 6.45. The lowest BCUT2D eigenvalue weighted by Crippen LogP contribution is -2.47. The van der Waals surface area contributed by atoms with Crippen molar-refractivity contribution in [2.45, 2.75) is 46.1 Å². The van der Waals surface area contributed by atoms with Gasteiger partial charge < -0.3 is 10.1 Å². The quantitative estimate of drug-likeness (QED) is 0.692. The van der Waals surface area contributed by atoms with Crippen molar-refractivity contribution in [3.63, 3.8) is 0 Å². The summed E-state index contributed by atoms with van der Waals surface area (Å²) in [5.74, 6) is 0. The van der Waals surface area contributed by atoms with Crippen LogP contribution in [0.25, 0.3) is 0 Å². The van der Waals surface area contributed by atoms with Gasteiger partial charge in [0.25, 0.3) is 0 Å². The average Bonchev–Trinajstić information content (AvgIpc) is 2.35. The van der Waals surface area contributed by atoms with Crippen LogP contribution in [0.1, 0.15) is 40.0 Å². The van der Waals surface area contributed by atoms with E-state index < -0.39 is 0 Å². The Morgan fingerprint density at radius 1 is 1.35 bits per heavy atom. The summed E-state index contributed by atoms with van der Waals surface area (Å²) in [4.78, 5) is 2.62. The molecule has 1 atom stereocenters. The van der Waals surface area contributed by atoms with Crippen molar-refractivity contribution in [3.05, 3.63) is 0 Å². The van der Waals surface area contributed by atoms with E-state index in [1.807, 2.05) is 0 Å². The predicted octanol–water partition coefficient (Wildman–Crippen LogP) is 2.12. The lowest BCUT2D eigenvalue weighted by molar-refractivity contribution is 0.0852. The molecule has 1 heterocycles. The minimum atomic E-state index is 0.597. The molecule has 0 amide bonds. The van der Waals surface area contributed by atoms with Gasteiger partial charge in [-0.1, -0.05) is 20.3 Å². The monoisotopic (exact) mass is 242 g/mol. The van der Waals surface area contributed by atoms with Crippen molar-refractivity contribution < 1.29 is 4.74 Å². The molecule has 0 radical (unpaired) electrons. The molecule has 0 aromatic heterocycles. The van der Waals surface area contributed by atoms with E-state index in [-0.39, 0.29) is 0 Å². The second-order valence-corrected chi connectivity index (χ2v) is 5.75. The van der Waals surface area contributed by atoms with Crippen LogP contribution in [0.4, 0.5) is 0 Å². The van der Waals surface area contributed by atoms with Gasteiger partial charge in [-0.15, -0.1) is 0 Å². The Labute approximate surface area is 107 Å². The number of piperidine rings is 1. The molecule has 0 spiro atoms. The molecule has 3 nitrogen and oxygen atoms in total. The molecule has 102 valence electrons. The molecular weight excluding hydrogens is 212 g/mol. The SMILES string of the molecule is CCC1(C)CCN(C(C)CNCCOC)CC1. The maximum Gasteiger partial charge on any atom is 0.0587 e. The first kappa shape index (κ1) is 14.9. The van der Waals surface area contributed by atoms with Gasteiger partial charge in [0.05, 0.1) is 6.61 Å². The zero-order chi connectivity index (χ0) is 12.7. The number of ether oxygens (including phenoxy) is 1. The minimum absolute atomic E-state index is 0.597. The van der Waals surface area contributed by atoms with Crippen LogP contribution in [0.2, 0.25) is 0 Å². The van der Waals surface area contributed by atoms with Crippen molar-refractivity contribution >= 4 is 0 Å². The number of hydrogen-bond donors (Lipinski definition) is 1. The van der Waals surface area contributed by atoms with Crippen LogP contribution in [0.5, 0.6) is 0 Å². The lowest BCUT2D eigenvalue weighted by Gasteiger charge is -2.41. The number of likely N-dealkylation sites (tertiary alicyclic amines) is 1. The second-order valence-electron chi connectivity index (χ2n) is 5.75. The number of hydrogen-bond acceptors (Lipinski definition) is 3. The molecule has 1 aliphatic heterocycles. The molecule has 1 rings (SSSR count). The first-order chi connectivity index (χ1) is 8.11. The first-order valence-electron chi connectivity index (χ1n) is 7.05. The summed E-state index contributed by atoms with van der Waals surface area (Å²) in [5, 5.41) is 3.45. The zero-order valence-corrected chi connectivity index (χ0v) is 12.1. The Morgan fingerprint density at radius 3 is 2.53 bits per heavy atom. The summed E-state index contributed by atoms with van der Waals surface area (Å²) >= 11 is 0. The van der Waals surface area contributed by atoms with Gasteiger partial charge in [0.1, 0.15) is 0 Å². The van der Waals surface area contributed by atoms with Crippen molar-refractivity contribution in [1.29, 1.82) is 0 Å². The number of nitrogens with zero attached hydrogens (tertiary/aromatic N) is 1. The van der Waals surface area contributed by atoms with Crippen LogP contribution in [0.3, 0.4) is 0 Å². The smallest absolute Gasteiger partial charge is 0.0587 e. The molecule has 17 heavy (non-hydrogen) atoms. The Morgan fingerprint density at radius 2 is 2.00 bits per heavy atom. The van der Waals surface area contributed by atoms with E-state index in [1.54, 1.807) is 7.11 Å². The van der Waals surface area contributed by atoms with E-state index in [4.69, 9.17) is 4.74 Å². The van der Waals surface area contributed by atoms with Gasteiger partial charge in [-0.05, 0) is 38.3 Å².